The number of methoxy groups -OCH3 is 3. The molecule has 1 amide bonds. The largest absolute Gasteiger partial charge is 0.493 e. The van der Waals surface area contributed by atoms with E-state index in [4.69, 9.17) is 14.2 Å². The van der Waals surface area contributed by atoms with Crippen molar-refractivity contribution in [1.82, 2.24) is 4.90 Å². The predicted octanol–water partition coefficient (Wildman–Crippen LogP) is 3.44. The summed E-state index contributed by atoms with van der Waals surface area (Å²) in [6, 6.07) is 9.37. The number of carbonyl (C=O) groups excluding carboxylic acids is 1. The van der Waals surface area contributed by atoms with Crippen LogP contribution in [-0.2, 0) is 11.3 Å². The topological polar surface area (TPSA) is 48.0 Å². The Labute approximate surface area is 146 Å². The second kappa shape index (κ2) is 8.70. The highest BCUT2D eigenvalue weighted by molar-refractivity contribution is 7.12. The Bertz CT molecular complexity index is 657. The molecule has 130 valence electrons. The molecule has 1 atom stereocenters. The highest BCUT2D eigenvalue weighted by Gasteiger charge is 2.23. The molecule has 5 nitrogen and oxygen atoms in total. The van der Waals surface area contributed by atoms with E-state index in [1.54, 1.807) is 21.3 Å². The van der Waals surface area contributed by atoms with Crippen LogP contribution < -0.4 is 9.47 Å². The van der Waals surface area contributed by atoms with E-state index in [9.17, 15) is 4.79 Å². The van der Waals surface area contributed by atoms with Gasteiger partial charge in [-0.15, -0.1) is 11.3 Å². The molecule has 1 heterocycles. The van der Waals surface area contributed by atoms with Gasteiger partial charge in [-0.3, -0.25) is 4.79 Å². The van der Waals surface area contributed by atoms with E-state index in [1.807, 2.05) is 47.5 Å². The number of ether oxygens (including phenoxy) is 3. The third kappa shape index (κ3) is 4.27. The van der Waals surface area contributed by atoms with Crippen LogP contribution in [0.4, 0.5) is 0 Å². The molecular weight excluding hydrogens is 326 g/mol. The lowest BCUT2D eigenvalue weighted by Crippen LogP contribution is -2.40. The molecule has 1 aromatic heterocycles. The number of amides is 1. The minimum absolute atomic E-state index is 0.00401. The van der Waals surface area contributed by atoms with Crippen LogP contribution in [0.3, 0.4) is 0 Å². The standard InChI is InChI=1S/C18H23NO4S/c1-13(12-21-2)19(18(20)17-6-5-9-24-17)11-14-7-8-15(22-3)16(10-14)23-4/h5-10,13H,11-12H2,1-4H3/t13-/m0/s1. The number of carbonyl (C=O) groups is 1. The molecule has 0 aliphatic rings. The molecule has 0 bridgehead atoms. The van der Waals surface area contributed by atoms with Crippen LogP contribution in [0.1, 0.15) is 22.2 Å². The first-order valence-electron chi connectivity index (χ1n) is 7.65. The first kappa shape index (κ1) is 18.3. The van der Waals surface area contributed by atoms with Crippen LogP contribution >= 0.6 is 11.3 Å². The lowest BCUT2D eigenvalue weighted by Gasteiger charge is -2.29. The zero-order chi connectivity index (χ0) is 17.5. The fraction of sp³-hybridized carbons (Fsp3) is 0.389. The molecule has 0 N–H and O–H groups in total. The molecule has 0 aliphatic carbocycles. The summed E-state index contributed by atoms with van der Waals surface area (Å²) in [5, 5.41) is 1.91. The molecule has 2 aromatic rings. The zero-order valence-electron chi connectivity index (χ0n) is 14.4. The van der Waals surface area contributed by atoms with Crippen molar-refractivity contribution in [3.05, 3.63) is 46.2 Å². The van der Waals surface area contributed by atoms with Gasteiger partial charge in [0.1, 0.15) is 0 Å². The Morgan fingerprint density at radius 1 is 1.17 bits per heavy atom. The summed E-state index contributed by atoms with van der Waals surface area (Å²) in [7, 11) is 4.84. The quantitative estimate of drug-likeness (QED) is 0.732. The van der Waals surface area contributed by atoms with E-state index < -0.39 is 0 Å². The zero-order valence-corrected chi connectivity index (χ0v) is 15.3. The maximum Gasteiger partial charge on any atom is 0.264 e. The molecule has 0 fully saturated rings. The third-order valence-corrected chi connectivity index (χ3v) is 4.59. The molecule has 0 saturated carbocycles. The highest BCUT2D eigenvalue weighted by Crippen LogP contribution is 2.28. The number of hydrogen-bond acceptors (Lipinski definition) is 5. The van der Waals surface area contributed by atoms with E-state index in [1.165, 1.54) is 11.3 Å². The van der Waals surface area contributed by atoms with Gasteiger partial charge < -0.3 is 19.1 Å². The van der Waals surface area contributed by atoms with Gasteiger partial charge in [-0.25, -0.2) is 0 Å². The number of nitrogens with zero attached hydrogens (tertiary/aromatic N) is 1. The van der Waals surface area contributed by atoms with Crippen molar-refractivity contribution in [2.24, 2.45) is 0 Å². The Kier molecular flexibility index (Phi) is 6.63. The molecule has 0 aliphatic heterocycles. The summed E-state index contributed by atoms with van der Waals surface area (Å²) in [6.07, 6.45) is 0. The molecule has 6 heteroatoms. The third-order valence-electron chi connectivity index (χ3n) is 3.73. The molecule has 0 spiro atoms. The van der Waals surface area contributed by atoms with E-state index in [2.05, 4.69) is 0 Å². The van der Waals surface area contributed by atoms with Gasteiger partial charge in [0, 0.05) is 13.7 Å². The lowest BCUT2D eigenvalue weighted by atomic mass is 10.1. The maximum atomic E-state index is 12.8. The molecule has 2 rings (SSSR count). The number of rotatable bonds is 8. The minimum Gasteiger partial charge on any atom is -0.493 e. The number of thiophene rings is 1. The average Bonchev–Trinajstić information content (AvgIpc) is 3.13. The van der Waals surface area contributed by atoms with E-state index in [-0.39, 0.29) is 11.9 Å². The molecule has 1 aromatic carbocycles. The molecule has 0 unspecified atom stereocenters. The monoisotopic (exact) mass is 349 g/mol. The normalized spacial score (nSPS) is 11.8. The summed E-state index contributed by atoms with van der Waals surface area (Å²) in [5.74, 6) is 1.32. The summed E-state index contributed by atoms with van der Waals surface area (Å²) < 4.78 is 15.8. The van der Waals surface area contributed by atoms with Gasteiger partial charge in [0.2, 0.25) is 0 Å². The van der Waals surface area contributed by atoms with Crippen LogP contribution in [0.25, 0.3) is 0 Å². The van der Waals surface area contributed by atoms with Gasteiger partial charge in [-0.2, -0.15) is 0 Å². The van der Waals surface area contributed by atoms with Crippen LogP contribution in [0.5, 0.6) is 11.5 Å². The Balaban J connectivity index is 2.26. The molecule has 0 radical (unpaired) electrons. The van der Waals surface area contributed by atoms with Crippen LogP contribution in [0.15, 0.2) is 35.7 Å². The van der Waals surface area contributed by atoms with Crippen molar-refractivity contribution in [3.63, 3.8) is 0 Å². The fourth-order valence-electron chi connectivity index (χ4n) is 2.48. The second-order valence-corrected chi connectivity index (χ2v) is 6.35. The van der Waals surface area contributed by atoms with Crippen LogP contribution in [-0.4, -0.2) is 44.8 Å². The maximum absolute atomic E-state index is 12.8. The second-order valence-electron chi connectivity index (χ2n) is 5.40. The summed E-state index contributed by atoms with van der Waals surface area (Å²) >= 11 is 1.44. The molecular formula is C18H23NO4S. The Morgan fingerprint density at radius 3 is 2.50 bits per heavy atom. The fourth-order valence-corrected chi connectivity index (χ4v) is 3.16. The van der Waals surface area contributed by atoms with E-state index in [0.29, 0.717) is 24.7 Å². The van der Waals surface area contributed by atoms with E-state index in [0.717, 1.165) is 10.4 Å². The van der Waals surface area contributed by atoms with Crippen LogP contribution in [0, 0.1) is 0 Å². The Hall–Kier alpha value is -2.05. The first-order chi connectivity index (χ1) is 11.6. The summed E-state index contributed by atoms with van der Waals surface area (Å²) in [5.41, 5.74) is 0.973. The summed E-state index contributed by atoms with van der Waals surface area (Å²) in [4.78, 5) is 15.4. The predicted molar refractivity (Wildman–Crippen MR) is 95.1 cm³/mol. The van der Waals surface area contributed by atoms with E-state index >= 15 is 0 Å². The SMILES string of the molecule is COC[C@H](C)N(Cc1ccc(OC)c(OC)c1)C(=O)c1cccs1. The minimum atomic E-state index is -0.0438. The lowest BCUT2D eigenvalue weighted by molar-refractivity contribution is 0.0546. The van der Waals surface area contributed by atoms with Crippen molar-refractivity contribution in [3.8, 4) is 11.5 Å². The van der Waals surface area contributed by atoms with Crippen molar-refractivity contribution in [2.45, 2.75) is 19.5 Å². The van der Waals surface area contributed by atoms with Crippen molar-refractivity contribution >= 4 is 17.2 Å². The average molecular weight is 349 g/mol. The molecule has 0 saturated heterocycles. The van der Waals surface area contributed by atoms with Gasteiger partial charge in [0.05, 0.1) is 31.7 Å². The van der Waals surface area contributed by atoms with Crippen LogP contribution in [0.2, 0.25) is 0 Å². The highest BCUT2D eigenvalue weighted by atomic mass is 32.1. The van der Waals surface area contributed by atoms with Crippen molar-refractivity contribution < 1.29 is 19.0 Å². The van der Waals surface area contributed by atoms with Gasteiger partial charge in [0.25, 0.3) is 5.91 Å². The number of hydrogen-bond donors (Lipinski definition) is 0. The molecule has 24 heavy (non-hydrogen) atoms. The first-order valence-corrected chi connectivity index (χ1v) is 8.53. The smallest absolute Gasteiger partial charge is 0.264 e. The van der Waals surface area contributed by atoms with Gasteiger partial charge in [-0.05, 0) is 36.1 Å². The van der Waals surface area contributed by atoms with Crippen molar-refractivity contribution in [2.75, 3.05) is 27.9 Å². The van der Waals surface area contributed by atoms with Gasteiger partial charge in [0.15, 0.2) is 11.5 Å². The Morgan fingerprint density at radius 2 is 1.92 bits per heavy atom. The summed E-state index contributed by atoms with van der Waals surface area (Å²) in [6.45, 7) is 2.93. The van der Waals surface area contributed by atoms with Gasteiger partial charge in [-0.1, -0.05) is 12.1 Å². The van der Waals surface area contributed by atoms with Crippen molar-refractivity contribution in [1.29, 1.82) is 0 Å². The van der Waals surface area contributed by atoms with Gasteiger partial charge >= 0.3 is 0 Å². The number of benzene rings is 1.